The molecule has 0 spiro atoms. The van der Waals surface area contributed by atoms with E-state index < -0.39 is 5.82 Å². The molecule has 0 atom stereocenters. The Bertz CT molecular complexity index is 915. The topological polar surface area (TPSA) is 66.9 Å². The predicted molar refractivity (Wildman–Crippen MR) is 98.1 cm³/mol. The Labute approximate surface area is 152 Å². The first-order valence-corrected chi connectivity index (χ1v) is 8.60. The van der Waals surface area contributed by atoms with Gasteiger partial charge in [-0.1, -0.05) is 35.1 Å². The average Bonchev–Trinajstić information content (AvgIpc) is 2.98. The van der Waals surface area contributed by atoms with E-state index in [4.69, 9.17) is 11.6 Å². The third-order valence-electron chi connectivity index (χ3n) is 3.25. The summed E-state index contributed by atoms with van der Waals surface area (Å²) in [5.41, 5.74) is 2.38. The summed E-state index contributed by atoms with van der Waals surface area (Å²) in [6.07, 6.45) is 0.0530. The Morgan fingerprint density at radius 1 is 1.20 bits per heavy atom. The molecule has 1 amide bonds. The molecule has 0 radical (unpaired) electrons. The second-order valence-electron chi connectivity index (χ2n) is 5.35. The van der Waals surface area contributed by atoms with Crippen molar-refractivity contribution < 1.29 is 9.18 Å². The van der Waals surface area contributed by atoms with Crippen LogP contribution >= 0.6 is 22.9 Å². The number of hydrogen-bond donors (Lipinski definition) is 2. The highest BCUT2D eigenvalue weighted by atomic mass is 35.5. The normalized spacial score (nSPS) is 10.5. The maximum Gasteiger partial charge on any atom is 0.231 e. The molecular formula is C17H14ClFN4OS. The maximum atomic E-state index is 13.4. The van der Waals surface area contributed by atoms with Crippen LogP contribution in [0.5, 0.6) is 0 Å². The van der Waals surface area contributed by atoms with Crippen LogP contribution in [0.1, 0.15) is 10.6 Å². The smallest absolute Gasteiger partial charge is 0.231 e. The molecule has 0 saturated carbocycles. The van der Waals surface area contributed by atoms with E-state index in [-0.39, 0.29) is 17.4 Å². The van der Waals surface area contributed by atoms with Gasteiger partial charge in [0.2, 0.25) is 11.0 Å². The highest BCUT2D eigenvalue weighted by Crippen LogP contribution is 2.22. The van der Waals surface area contributed by atoms with Crippen molar-refractivity contribution in [3.05, 3.63) is 63.9 Å². The van der Waals surface area contributed by atoms with Crippen molar-refractivity contribution in [1.29, 1.82) is 0 Å². The number of rotatable bonds is 5. The Balaban J connectivity index is 1.60. The summed E-state index contributed by atoms with van der Waals surface area (Å²) in [5.74, 6) is -0.889. The minimum atomic E-state index is -0.583. The largest absolute Gasteiger partial charge is 0.330 e. The number of halogens is 2. The summed E-state index contributed by atoms with van der Waals surface area (Å²) >= 11 is 6.90. The van der Waals surface area contributed by atoms with Crippen LogP contribution in [0.2, 0.25) is 5.02 Å². The minimum absolute atomic E-state index is 0.00832. The Morgan fingerprint density at radius 3 is 2.80 bits per heavy atom. The van der Waals surface area contributed by atoms with E-state index >= 15 is 0 Å². The minimum Gasteiger partial charge on any atom is -0.330 e. The van der Waals surface area contributed by atoms with Crippen molar-refractivity contribution in [2.75, 3.05) is 10.6 Å². The summed E-state index contributed by atoms with van der Waals surface area (Å²) < 4.78 is 13.4. The summed E-state index contributed by atoms with van der Waals surface area (Å²) in [6.45, 7) is 2.00. The van der Waals surface area contributed by atoms with Gasteiger partial charge >= 0.3 is 0 Å². The van der Waals surface area contributed by atoms with Gasteiger partial charge in [-0.15, -0.1) is 10.2 Å². The molecule has 5 nitrogen and oxygen atoms in total. The van der Waals surface area contributed by atoms with Crippen LogP contribution in [-0.2, 0) is 11.2 Å². The monoisotopic (exact) mass is 376 g/mol. The fraction of sp³-hybridized carbons (Fsp3) is 0.118. The van der Waals surface area contributed by atoms with Gasteiger partial charge in [0, 0.05) is 11.4 Å². The molecule has 2 aromatic carbocycles. The number of carbonyl (C=O) groups is 1. The molecule has 25 heavy (non-hydrogen) atoms. The molecule has 128 valence electrons. The van der Waals surface area contributed by atoms with Gasteiger partial charge in [-0.3, -0.25) is 4.79 Å². The van der Waals surface area contributed by atoms with Gasteiger partial charge in [0.1, 0.15) is 10.8 Å². The van der Waals surface area contributed by atoms with Gasteiger partial charge in [-0.2, -0.15) is 0 Å². The molecule has 0 aliphatic rings. The zero-order valence-corrected chi connectivity index (χ0v) is 14.8. The van der Waals surface area contributed by atoms with Crippen molar-refractivity contribution in [2.24, 2.45) is 0 Å². The molecule has 1 heterocycles. The number of anilines is 3. The van der Waals surface area contributed by atoms with Gasteiger partial charge in [0.25, 0.3) is 0 Å². The van der Waals surface area contributed by atoms with Gasteiger partial charge < -0.3 is 10.6 Å². The zero-order valence-electron chi connectivity index (χ0n) is 13.2. The quantitative estimate of drug-likeness (QED) is 0.684. The highest BCUT2D eigenvalue weighted by Gasteiger charge is 2.11. The van der Waals surface area contributed by atoms with Crippen LogP contribution in [0.3, 0.4) is 0 Å². The van der Waals surface area contributed by atoms with Crippen LogP contribution in [-0.4, -0.2) is 16.1 Å². The van der Waals surface area contributed by atoms with Crippen LogP contribution in [0.25, 0.3) is 0 Å². The number of amides is 1. The van der Waals surface area contributed by atoms with Gasteiger partial charge in [-0.05, 0) is 42.8 Å². The van der Waals surface area contributed by atoms with E-state index in [1.807, 2.05) is 31.2 Å². The highest BCUT2D eigenvalue weighted by molar-refractivity contribution is 7.15. The number of hydrogen-bond acceptors (Lipinski definition) is 5. The van der Waals surface area contributed by atoms with E-state index in [0.717, 1.165) is 11.3 Å². The van der Waals surface area contributed by atoms with Crippen molar-refractivity contribution >= 4 is 45.4 Å². The Morgan fingerprint density at radius 2 is 2.04 bits per heavy atom. The molecule has 0 aliphatic heterocycles. The number of benzene rings is 2. The second-order valence-corrected chi connectivity index (χ2v) is 6.82. The molecule has 0 bridgehead atoms. The summed E-state index contributed by atoms with van der Waals surface area (Å²) in [7, 11) is 0. The lowest BCUT2D eigenvalue weighted by atomic mass is 10.2. The van der Waals surface area contributed by atoms with E-state index in [9.17, 15) is 9.18 Å². The lowest BCUT2D eigenvalue weighted by molar-refractivity contribution is -0.115. The fourth-order valence-electron chi connectivity index (χ4n) is 2.14. The maximum absolute atomic E-state index is 13.4. The van der Waals surface area contributed by atoms with E-state index in [1.165, 1.54) is 29.5 Å². The number of aryl methyl sites for hydroxylation is 1. The number of carbonyl (C=O) groups excluding carboxylic acids is 1. The van der Waals surface area contributed by atoms with Crippen LogP contribution in [0.4, 0.5) is 20.9 Å². The number of aromatic nitrogens is 2. The zero-order chi connectivity index (χ0) is 17.8. The standard InChI is InChI=1S/C17H14ClFN4OS/c1-10-3-2-4-11(7-10)21-17-23-22-16(25-17)9-15(24)20-12-5-6-13(18)14(19)8-12/h2-8H,9H2,1H3,(H,20,24)(H,21,23). The molecular weight excluding hydrogens is 363 g/mol. The van der Waals surface area contributed by atoms with Crippen molar-refractivity contribution in [3.63, 3.8) is 0 Å². The summed E-state index contributed by atoms with van der Waals surface area (Å²) in [6, 6.07) is 12.0. The molecule has 8 heteroatoms. The molecule has 0 aliphatic carbocycles. The second kappa shape index (κ2) is 7.58. The van der Waals surface area contributed by atoms with Crippen molar-refractivity contribution in [2.45, 2.75) is 13.3 Å². The molecule has 2 N–H and O–H groups in total. The molecule has 3 rings (SSSR count). The first-order chi connectivity index (χ1) is 12.0. The van der Waals surface area contributed by atoms with E-state index in [1.54, 1.807) is 0 Å². The van der Waals surface area contributed by atoms with Gasteiger partial charge in [0.05, 0.1) is 11.4 Å². The Kier molecular flexibility index (Phi) is 5.25. The van der Waals surface area contributed by atoms with Crippen LogP contribution in [0, 0.1) is 12.7 Å². The molecule has 1 aromatic heterocycles. The summed E-state index contributed by atoms with van der Waals surface area (Å²) in [5, 5.41) is 14.9. The van der Waals surface area contributed by atoms with Gasteiger partial charge in [-0.25, -0.2) is 4.39 Å². The number of nitrogens with one attached hydrogen (secondary N) is 2. The predicted octanol–water partition coefficient (Wildman–Crippen LogP) is 4.56. The molecule has 3 aromatic rings. The first kappa shape index (κ1) is 17.3. The van der Waals surface area contributed by atoms with E-state index in [2.05, 4.69) is 20.8 Å². The number of nitrogens with zero attached hydrogens (tertiary/aromatic N) is 2. The van der Waals surface area contributed by atoms with Crippen LogP contribution in [0.15, 0.2) is 42.5 Å². The van der Waals surface area contributed by atoms with Gasteiger partial charge in [0.15, 0.2) is 0 Å². The fourth-order valence-corrected chi connectivity index (χ4v) is 3.01. The SMILES string of the molecule is Cc1cccc(Nc2nnc(CC(=O)Nc3ccc(Cl)c(F)c3)s2)c1. The third kappa shape index (κ3) is 4.74. The van der Waals surface area contributed by atoms with Crippen molar-refractivity contribution in [1.82, 2.24) is 10.2 Å². The van der Waals surface area contributed by atoms with Crippen molar-refractivity contribution in [3.8, 4) is 0 Å². The lowest BCUT2D eigenvalue weighted by Gasteiger charge is -2.04. The first-order valence-electron chi connectivity index (χ1n) is 7.40. The molecule has 0 unspecified atom stereocenters. The Hall–Kier alpha value is -2.51. The lowest BCUT2D eigenvalue weighted by Crippen LogP contribution is -2.14. The molecule has 0 fully saturated rings. The van der Waals surface area contributed by atoms with Crippen LogP contribution < -0.4 is 10.6 Å². The summed E-state index contributed by atoms with van der Waals surface area (Å²) in [4.78, 5) is 12.0. The average molecular weight is 377 g/mol. The third-order valence-corrected chi connectivity index (χ3v) is 4.40. The van der Waals surface area contributed by atoms with E-state index in [0.29, 0.717) is 15.8 Å². The molecule has 0 saturated heterocycles.